The first-order chi connectivity index (χ1) is 8.15. The van der Waals surface area contributed by atoms with Crippen molar-refractivity contribution in [2.45, 2.75) is 58.9 Å². The van der Waals surface area contributed by atoms with E-state index < -0.39 is 0 Å². The predicted octanol–water partition coefficient (Wildman–Crippen LogP) is 3.09. The number of hydrogen-bond donors (Lipinski definition) is 1. The topological polar surface area (TPSA) is 34.4 Å². The smallest absolute Gasteiger partial charge is 0.129 e. The molecule has 1 heterocycles. The molecule has 1 N–H and O–H groups in total. The van der Waals surface area contributed by atoms with Crippen LogP contribution in [0.5, 0.6) is 0 Å². The van der Waals surface area contributed by atoms with E-state index >= 15 is 0 Å². The first kappa shape index (κ1) is 12.7. The molecule has 1 unspecified atom stereocenters. The number of ether oxygens (including phenoxy) is 1. The molecule has 0 aliphatic heterocycles. The molecule has 2 rings (SSSR count). The molecule has 1 saturated carbocycles. The lowest BCUT2D eigenvalue weighted by molar-refractivity contribution is 0.0149. The quantitative estimate of drug-likeness (QED) is 0.791. The fourth-order valence-corrected chi connectivity index (χ4v) is 1.55. The summed E-state index contributed by atoms with van der Waals surface area (Å²) in [4.78, 5) is 0. The van der Waals surface area contributed by atoms with E-state index in [9.17, 15) is 0 Å². The summed E-state index contributed by atoms with van der Waals surface area (Å²) in [7, 11) is 0. The lowest BCUT2D eigenvalue weighted by atomic mass is 10.1. The van der Waals surface area contributed by atoms with Gasteiger partial charge < -0.3 is 14.5 Å². The molecule has 3 heteroatoms. The zero-order valence-electron chi connectivity index (χ0n) is 11.0. The molecule has 0 amide bonds. The summed E-state index contributed by atoms with van der Waals surface area (Å²) in [6.07, 6.45) is 4.74. The van der Waals surface area contributed by atoms with E-state index in [1.165, 1.54) is 18.4 Å². The number of furan rings is 1. The summed E-state index contributed by atoms with van der Waals surface area (Å²) >= 11 is 0. The van der Waals surface area contributed by atoms with Crippen LogP contribution in [0.4, 0.5) is 0 Å². The third-order valence-corrected chi connectivity index (χ3v) is 3.31. The Bertz CT molecular complexity index is 342. The number of hydrogen-bond acceptors (Lipinski definition) is 3. The van der Waals surface area contributed by atoms with Crippen molar-refractivity contribution < 1.29 is 9.15 Å². The average molecular weight is 237 g/mol. The first-order valence-electron chi connectivity index (χ1n) is 6.56. The van der Waals surface area contributed by atoms with Crippen molar-refractivity contribution >= 4 is 0 Å². The van der Waals surface area contributed by atoms with Crippen LogP contribution < -0.4 is 5.32 Å². The van der Waals surface area contributed by atoms with E-state index in [1.54, 1.807) is 0 Å². The van der Waals surface area contributed by atoms with Gasteiger partial charge in [-0.05, 0) is 31.7 Å². The number of nitrogens with one attached hydrogen (secondary N) is 1. The summed E-state index contributed by atoms with van der Waals surface area (Å²) in [5, 5.41) is 3.47. The van der Waals surface area contributed by atoms with Crippen molar-refractivity contribution in [2.75, 3.05) is 0 Å². The molecule has 0 spiro atoms. The van der Waals surface area contributed by atoms with Crippen LogP contribution in [-0.4, -0.2) is 12.1 Å². The lowest BCUT2D eigenvalue weighted by Crippen LogP contribution is -2.15. The molecule has 17 heavy (non-hydrogen) atoms. The van der Waals surface area contributed by atoms with Gasteiger partial charge in [0.25, 0.3) is 0 Å². The highest BCUT2D eigenvalue weighted by molar-refractivity contribution is 5.12. The first-order valence-corrected chi connectivity index (χ1v) is 6.56. The third kappa shape index (κ3) is 4.17. The highest BCUT2D eigenvalue weighted by Crippen LogP contribution is 2.20. The standard InChI is InChI=1S/C14H23NO2/c1-10(2)11(3)16-9-14-6-12(8-17-14)7-15-13-4-5-13/h6,8,10-11,13,15H,4-5,7,9H2,1-3H3. The maximum Gasteiger partial charge on any atom is 0.129 e. The minimum atomic E-state index is 0.271. The van der Waals surface area contributed by atoms with Crippen LogP contribution >= 0.6 is 0 Å². The van der Waals surface area contributed by atoms with Gasteiger partial charge in [-0.2, -0.15) is 0 Å². The third-order valence-electron chi connectivity index (χ3n) is 3.31. The van der Waals surface area contributed by atoms with E-state index in [2.05, 4.69) is 32.2 Å². The van der Waals surface area contributed by atoms with Crippen molar-refractivity contribution in [3.05, 3.63) is 23.7 Å². The minimum absolute atomic E-state index is 0.271. The van der Waals surface area contributed by atoms with Crippen molar-refractivity contribution in [3.8, 4) is 0 Å². The molecule has 1 fully saturated rings. The summed E-state index contributed by atoms with van der Waals surface area (Å²) < 4.78 is 11.2. The zero-order chi connectivity index (χ0) is 12.3. The minimum Gasteiger partial charge on any atom is -0.467 e. The van der Waals surface area contributed by atoms with E-state index in [1.807, 2.05) is 6.26 Å². The molecule has 1 atom stereocenters. The summed E-state index contributed by atoms with van der Waals surface area (Å²) in [6.45, 7) is 7.91. The van der Waals surface area contributed by atoms with Gasteiger partial charge in [0.1, 0.15) is 12.4 Å². The van der Waals surface area contributed by atoms with E-state index in [0.717, 1.165) is 18.3 Å². The van der Waals surface area contributed by atoms with Gasteiger partial charge in [-0.15, -0.1) is 0 Å². The molecular formula is C14H23NO2. The van der Waals surface area contributed by atoms with E-state index in [-0.39, 0.29) is 6.10 Å². The van der Waals surface area contributed by atoms with Gasteiger partial charge in [-0.25, -0.2) is 0 Å². The van der Waals surface area contributed by atoms with Crippen LogP contribution in [0.3, 0.4) is 0 Å². The fraction of sp³-hybridized carbons (Fsp3) is 0.714. The molecule has 1 aliphatic carbocycles. The normalized spacial score (nSPS) is 17.6. The van der Waals surface area contributed by atoms with Crippen molar-refractivity contribution in [1.29, 1.82) is 0 Å². The Morgan fingerprint density at radius 3 is 2.82 bits per heavy atom. The SMILES string of the molecule is CC(C)C(C)OCc1cc(CNC2CC2)co1. The molecule has 0 aromatic carbocycles. The molecule has 96 valence electrons. The largest absolute Gasteiger partial charge is 0.467 e. The second-order valence-corrected chi connectivity index (χ2v) is 5.34. The van der Waals surface area contributed by atoms with Crippen LogP contribution in [0.25, 0.3) is 0 Å². The van der Waals surface area contributed by atoms with Gasteiger partial charge in [0.05, 0.1) is 12.4 Å². The Morgan fingerprint density at radius 1 is 1.41 bits per heavy atom. The lowest BCUT2D eigenvalue weighted by Gasteiger charge is -2.15. The molecule has 3 nitrogen and oxygen atoms in total. The Balaban J connectivity index is 1.73. The van der Waals surface area contributed by atoms with Crippen LogP contribution in [0, 0.1) is 5.92 Å². The van der Waals surface area contributed by atoms with Crippen molar-refractivity contribution in [3.63, 3.8) is 0 Å². The monoisotopic (exact) mass is 237 g/mol. The zero-order valence-corrected chi connectivity index (χ0v) is 11.0. The second kappa shape index (κ2) is 5.69. The Hall–Kier alpha value is -0.800. The predicted molar refractivity (Wildman–Crippen MR) is 67.7 cm³/mol. The highest BCUT2D eigenvalue weighted by atomic mass is 16.5. The summed E-state index contributed by atoms with van der Waals surface area (Å²) in [6, 6.07) is 2.83. The molecule has 1 aromatic rings. The Morgan fingerprint density at radius 2 is 2.18 bits per heavy atom. The van der Waals surface area contributed by atoms with Gasteiger partial charge in [0.2, 0.25) is 0 Å². The van der Waals surface area contributed by atoms with E-state index in [4.69, 9.17) is 9.15 Å². The Labute approximate surface area is 104 Å². The van der Waals surface area contributed by atoms with Crippen molar-refractivity contribution in [1.82, 2.24) is 5.32 Å². The van der Waals surface area contributed by atoms with Gasteiger partial charge >= 0.3 is 0 Å². The van der Waals surface area contributed by atoms with Crippen LogP contribution in [0.1, 0.15) is 44.9 Å². The van der Waals surface area contributed by atoms with E-state index in [0.29, 0.717) is 12.5 Å². The molecular weight excluding hydrogens is 214 g/mol. The van der Waals surface area contributed by atoms with Gasteiger partial charge in [-0.3, -0.25) is 0 Å². The molecule has 1 aliphatic rings. The number of rotatable bonds is 7. The van der Waals surface area contributed by atoms with Crippen LogP contribution in [-0.2, 0) is 17.9 Å². The molecule has 0 bridgehead atoms. The van der Waals surface area contributed by atoms with Gasteiger partial charge in [0, 0.05) is 18.2 Å². The van der Waals surface area contributed by atoms with Crippen molar-refractivity contribution in [2.24, 2.45) is 5.92 Å². The average Bonchev–Trinajstić information content (AvgIpc) is 3.02. The van der Waals surface area contributed by atoms with Crippen LogP contribution in [0.2, 0.25) is 0 Å². The molecule has 0 saturated heterocycles. The Kier molecular flexibility index (Phi) is 4.24. The molecule has 0 radical (unpaired) electrons. The highest BCUT2D eigenvalue weighted by Gasteiger charge is 2.20. The fourth-order valence-electron chi connectivity index (χ4n) is 1.55. The van der Waals surface area contributed by atoms with Gasteiger partial charge in [-0.1, -0.05) is 13.8 Å². The maximum atomic E-state index is 5.73. The van der Waals surface area contributed by atoms with Gasteiger partial charge in [0.15, 0.2) is 0 Å². The van der Waals surface area contributed by atoms with Crippen LogP contribution in [0.15, 0.2) is 16.7 Å². The molecule has 1 aromatic heterocycles. The maximum absolute atomic E-state index is 5.73. The summed E-state index contributed by atoms with van der Waals surface area (Å²) in [5.74, 6) is 1.46. The second-order valence-electron chi connectivity index (χ2n) is 5.34. The summed E-state index contributed by atoms with van der Waals surface area (Å²) in [5.41, 5.74) is 1.22.